The number of nitrogens with one attached hydrogen (secondary N) is 2. The molecule has 1 heterocycles. The number of sulfone groups is 1. The first kappa shape index (κ1) is 24.6. The lowest BCUT2D eigenvalue weighted by Crippen LogP contribution is -2.47. The lowest BCUT2D eigenvalue weighted by molar-refractivity contribution is 0.0768. The minimum absolute atomic E-state index is 0.258. The van der Waals surface area contributed by atoms with Crippen LogP contribution in [0, 0.1) is 0 Å². The number of benzene rings is 1. The summed E-state index contributed by atoms with van der Waals surface area (Å²) in [6.45, 7) is 7.83. The van der Waals surface area contributed by atoms with Gasteiger partial charge in [0.2, 0.25) is 0 Å². The molecule has 30 heavy (non-hydrogen) atoms. The van der Waals surface area contributed by atoms with Crippen LogP contribution in [0.15, 0.2) is 35.3 Å². The summed E-state index contributed by atoms with van der Waals surface area (Å²) in [5, 5.41) is 6.60. The van der Waals surface area contributed by atoms with Gasteiger partial charge in [-0.2, -0.15) is 0 Å². The van der Waals surface area contributed by atoms with Crippen LogP contribution in [-0.2, 0) is 21.1 Å². The van der Waals surface area contributed by atoms with Crippen LogP contribution in [0.3, 0.4) is 0 Å². The van der Waals surface area contributed by atoms with E-state index >= 15 is 0 Å². The molecule has 1 unspecified atom stereocenters. The Bertz CT molecular complexity index is 762. The van der Waals surface area contributed by atoms with E-state index in [1.807, 2.05) is 13.0 Å². The van der Waals surface area contributed by atoms with Crippen LogP contribution in [0.25, 0.3) is 0 Å². The summed E-state index contributed by atoms with van der Waals surface area (Å²) in [6.07, 6.45) is 3.27. The van der Waals surface area contributed by atoms with Crippen LogP contribution in [0.1, 0.15) is 38.7 Å². The first-order chi connectivity index (χ1) is 14.3. The van der Waals surface area contributed by atoms with Gasteiger partial charge < -0.3 is 15.4 Å². The average molecular weight is 439 g/mol. The van der Waals surface area contributed by atoms with Crippen LogP contribution in [0.5, 0.6) is 0 Å². The zero-order valence-electron chi connectivity index (χ0n) is 18.9. The molecule has 2 N–H and O–H groups in total. The van der Waals surface area contributed by atoms with E-state index in [1.165, 1.54) is 11.8 Å². The van der Waals surface area contributed by atoms with Gasteiger partial charge in [0, 0.05) is 45.1 Å². The van der Waals surface area contributed by atoms with Crippen molar-refractivity contribution in [3.8, 4) is 0 Å². The Balaban J connectivity index is 1.90. The molecular formula is C22H38N4O3S. The second kappa shape index (κ2) is 11.7. The highest BCUT2D eigenvalue weighted by Crippen LogP contribution is 2.29. The SMILES string of the molecule is CCNC(=NCC1(S(C)(=O)=O)CCOCC1)NCCC(C)N(C)Cc1ccccc1. The van der Waals surface area contributed by atoms with Crippen LogP contribution in [0.4, 0.5) is 0 Å². The highest BCUT2D eigenvalue weighted by Gasteiger charge is 2.42. The van der Waals surface area contributed by atoms with E-state index in [9.17, 15) is 8.42 Å². The van der Waals surface area contributed by atoms with Crippen molar-refractivity contribution in [2.24, 2.45) is 4.99 Å². The fourth-order valence-corrected chi connectivity index (χ4v) is 4.81. The molecule has 1 fully saturated rings. The van der Waals surface area contributed by atoms with Crippen LogP contribution < -0.4 is 10.6 Å². The number of hydrogen-bond acceptors (Lipinski definition) is 5. The molecule has 7 nitrogen and oxygen atoms in total. The third-order valence-corrected chi connectivity index (χ3v) is 8.05. The molecule has 170 valence electrons. The fourth-order valence-electron chi connectivity index (χ4n) is 3.60. The Kier molecular flexibility index (Phi) is 9.58. The van der Waals surface area contributed by atoms with E-state index in [4.69, 9.17) is 4.74 Å². The Labute approximate surface area is 182 Å². The van der Waals surface area contributed by atoms with Gasteiger partial charge in [0.1, 0.15) is 0 Å². The van der Waals surface area contributed by atoms with Gasteiger partial charge in [-0.3, -0.25) is 9.89 Å². The summed E-state index contributed by atoms with van der Waals surface area (Å²) in [4.78, 5) is 6.97. The maximum atomic E-state index is 12.4. The monoisotopic (exact) mass is 438 g/mol. The molecule has 1 aromatic rings. The molecule has 0 spiro atoms. The Hall–Kier alpha value is -1.64. The van der Waals surface area contributed by atoms with Crippen LogP contribution >= 0.6 is 0 Å². The fraction of sp³-hybridized carbons (Fsp3) is 0.682. The predicted octanol–water partition coefficient (Wildman–Crippen LogP) is 2.05. The topological polar surface area (TPSA) is 83.0 Å². The summed E-state index contributed by atoms with van der Waals surface area (Å²) in [7, 11) is -1.09. The third kappa shape index (κ3) is 7.25. The normalized spacial score (nSPS) is 18.2. The van der Waals surface area contributed by atoms with Gasteiger partial charge in [0.05, 0.1) is 11.3 Å². The van der Waals surface area contributed by atoms with Crippen molar-refractivity contribution in [3.63, 3.8) is 0 Å². The van der Waals surface area contributed by atoms with E-state index in [-0.39, 0.29) is 6.54 Å². The molecule has 1 aliphatic rings. The molecule has 1 aromatic carbocycles. The van der Waals surface area contributed by atoms with E-state index < -0.39 is 14.6 Å². The van der Waals surface area contributed by atoms with Crippen molar-refractivity contribution in [2.45, 2.75) is 50.4 Å². The minimum atomic E-state index is -3.22. The Morgan fingerprint density at radius 3 is 2.50 bits per heavy atom. The maximum absolute atomic E-state index is 12.4. The predicted molar refractivity (Wildman–Crippen MR) is 124 cm³/mol. The summed E-state index contributed by atoms with van der Waals surface area (Å²) < 4.78 is 29.4. The second-order valence-corrected chi connectivity index (χ2v) is 10.6. The highest BCUT2D eigenvalue weighted by atomic mass is 32.2. The molecule has 8 heteroatoms. The molecule has 1 atom stereocenters. The average Bonchev–Trinajstić information content (AvgIpc) is 2.72. The van der Waals surface area contributed by atoms with Gasteiger partial charge in [-0.05, 0) is 45.7 Å². The van der Waals surface area contributed by atoms with Gasteiger partial charge in [0.25, 0.3) is 0 Å². The van der Waals surface area contributed by atoms with E-state index in [2.05, 4.69) is 58.8 Å². The summed E-state index contributed by atoms with van der Waals surface area (Å²) in [5.41, 5.74) is 1.30. The van der Waals surface area contributed by atoms with E-state index in [0.29, 0.717) is 38.1 Å². The van der Waals surface area contributed by atoms with Crippen molar-refractivity contribution >= 4 is 15.8 Å². The Morgan fingerprint density at radius 1 is 1.23 bits per heavy atom. The molecule has 0 bridgehead atoms. The molecule has 0 amide bonds. The molecular weight excluding hydrogens is 400 g/mol. The molecule has 0 saturated carbocycles. The largest absolute Gasteiger partial charge is 0.381 e. The van der Waals surface area contributed by atoms with Crippen LogP contribution in [0.2, 0.25) is 0 Å². The molecule has 0 radical (unpaired) electrons. The molecule has 1 aliphatic heterocycles. The molecule has 0 aromatic heterocycles. The molecule has 2 rings (SSSR count). The number of rotatable bonds is 10. The number of aliphatic imine (C=N–C) groups is 1. The number of nitrogens with zero attached hydrogens (tertiary/aromatic N) is 2. The number of guanidine groups is 1. The van der Waals surface area contributed by atoms with E-state index in [1.54, 1.807) is 0 Å². The molecule has 1 saturated heterocycles. The second-order valence-electron chi connectivity index (χ2n) is 8.23. The van der Waals surface area contributed by atoms with Crippen molar-refractivity contribution < 1.29 is 13.2 Å². The number of hydrogen-bond donors (Lipinski definition) is 2. The van der Waals surface area contributed by atoms with Crippen molar-refractivity contribution in [1.29, 1.82) is 0 Å². The van der Waals surface area contributed by atoms with Crippen LogP contribution in [-0.4, -0.2) is 76.2 Å². The Morgan fingerprint density at radius 2 is 1.90 bits per heavy atom. The van der Waals surface area contributed by atoms with Gasteiger partial charge in [-0.15, -0.1) is 0 Å². The maximum Gasteiger partial charge on any atom is 0.191 e. The lowest BCUT2D eigenvalue weighted by Gasteiger charge is -2.34. The summed E-state index contributed by atoms with van der Waals surface area (Å²) in [6, 6.07) is 10.9. The highest BCUT2D eigenvalue weighted by molar-refractivity contribution is 7.92. The van der Waals surface area contributed by atoms with Crippen molar-refractivity contribution in [3.05, 3.63) is 35.9 Å². The third-order valence-electron chi connectivity index (χ3n) is 5.94. The molecule has 0 aliphatic carbocycles. The summed E-state index contributed by atoms with van der Waals surface area (Å²) >= 11 is 0. The number of ether oxygens (including phenoxy) is 1. The zero-order valence-corrected chi connectivity index (χ0v) is 19.7. The van der Waals surface area contributed by atoms with E-state index in [0.717, 1.165) is 26.1 Å². The van der Waals surface area contributed by atoms with Gasteiger partial charge >= 0.3 is 0 Å². The first-order valence-electron chi connectivity index (χ1n) is 10.8. The van der Waals surface area contributed by atoms with Crippen molar-refractivity contribution in [2.75, 3.05) is 46.2 Å². The standard InChI is InChI=1S/C22H38N4O3S/c1-5-23-21(25-18-22(30(4,27)28)12-15-29-16-13-22)24-14-11-19(2)26(3)17-20-9-7-6-8-10-20/h6-10,19H,5,11-18H2,1-4H3,(H2,23,24,25). The van der Waals surface area contributed by atoms with Gasteiger partial charge in [-0.25, -0.2) is 8.42 Å². The zero-order chi connectivity index (χ0) is 22.0. The lowest BCUT2D eigenvalue weighted by atomic mass is 9.99. The summed E-state index contributed by atoms with van der Waals surface area (Å²) in [5.74, 6) is 0.671. The quantitative estimate of drug-likeness (QED) is 0.430. The van der Waals surface area contributed by atoms with Gasteiger partial charge in [0.15, 0.2) is 15.8 Å². The van der Waals surface area contributed by atoms with Crippen molar-refractivity contribution in [1.82, 2.24) is 15.5 Å². The van der Waals surface area contributed by atoms with Gasteiger partial charge in [-0.1, -0.05) is 30.3 Å². The first-order valence-corrected chi connectivity index (χ1v) is 12.7. The smallest absolute Gasteiger partial charge is 0.191 e. The minimum Gasteiger partial charge on any atom is -0.381 e.